The predicted octanol–water partition coefficient (Wildman–Crippen LogP) is 3.12. The molecule has 0 aromatic rings. The fraction of sp³-hybridized carbons (Fsp3) is 0.941. The van der Waals surface area contributed by atoms with Gasteiger partial charge in [-0.15, -0.1) is 0 Å². The van der Waals surface area contributed by atoms with Crippen molar-refractivity contribution in [3.8, 4) is 0 Å². The van der Waals surface area contributed by atoms with Crippen LogP contribution < -0.4 is 0 Å². The van der Waals surface area contributed by atoms with Gasteiger partial charge in [0.2, 0.25) is 6.29 Å². The van der Waals surface area contributed by atoms with Crippen molar-refractivity contribution in [1.82, 2.24) is 0 Å². The Labute approximate surface area is 128 Å². The summed E-state index contributed by atoms with van der Waals surface area (Å²) in [5, 5.41) is 10.2. The van der Waals surface area contributed by atoms with Crippen molar-refractivity contribution in [2.45, 2.75) is 78.3 Å². The average molecular weight is 298 g/mol. The normalized spacial score (nSPS) is 37.9. The summed E-state index contributed by atoms with van der Waals surface area (Å²) in [7, 11) is 0. The molecule has 2 fully saturated rings. The molecule has 1 N–H and O–H groups in total. The van der Waals surface area contributed by atoms with Crippen LogP contribution in [-0.4, -0.2) is 29.1 Å². The monoisotopic (exact) mass is 298 g/mol. The fourth-order valence-corrected chi connectivity index (χ4v) is 3.68. The number of carbonyl (C=O) groups excluding carboxylic acids is 1. The van der Waals surface area contributed by atoms with Crippen molar-refractivity contribution in [3.05, 3.63) is 0 Å². The van der Waals surface area contributed by atoms with Gasteiger partial charge in [0.1, 0.15) is 0 Å². The highest BCUT2D eigenvalue weighted by molar-refractivity contribution is 5.72. The molecule has 1 aliphatic heterocycles. The molecule has 0 radical (unpaired) electrons. The molecule has 5 atom stereocenters. The lowest BCUT2D eigenvalue weighted by atomic mass is 9.75. The van der Waals surface area contributed by atoms with E-state index in [4.69, 9.17) is 9.47 Å². The molecule has 2 rings (SSSR count). The third-order valence-electron chi connectivity index (χ3n) is 5.14. The number of rotatable bonds is 4. The number of carbonyl (C=O) groups is 1. The Morgan fingerprint density at radius 2 is 2.00 bits per heavy atom. The van der Waals surface area contributed by atoms with Gasteiger partial charge in [0.15, 0.2) is 0 Å². The van der Waals surface area contributed by atoms with Gasteiger partial charge in [0, 0.05) is 0 Å². The minimum atomic E-state index is -0.968. The van der Waals surface area contributed by atoms with Crippen LogP contribution in [0.15, 0.2) is 0 Å². The van der Waals surface area contributed by atoms with Crippen LogP contribution in [-0.2, 0) is 14.3 Å². The summed E-state index contributed by atoms with van der Waals surface area (Å²) in [6, 6.07) is 0. The van der Waals surface area contributed by atoms with Gasteiger partial charge >= 0.3 is 5.97 Å². The van der Waals surface area contributed by atoms with Crippen LogP contribution in [0, 0.1) is 23.7 Å². The summed E-state index contributed by atoms with van der Waals surface area (Å²) >= 11 is 0. The molecule has 4 heteroatoms. The molecule has 0 aromatic carbocycles. The van der Waals surface area contributed by atoms with E-state index in [1.165, 1.54) is 6.42 Å². The number of aliphatic hydroxyl groups is 1. The van der Waals surface area contributed by atoms with E-state index >= 15 is 0 Å². The van der Waals surface area contributed by atoms with Crippen LogP contribution in [0.1, 0.15) is 60.3 Å². The first-order valence-corrected chi connectivity index (χ1v) is 8.25. The zero-order valence-corrected chi connectivity index (χ0v) is 14.0. The molecule has 0 aromatic heterocycles. The Bertz CT molecular complexity index is 371. The van der Waals surface area contributed by atoms with E-state index in [0.717, 1.165) is 12.8 Å². The Morgan fingerprint density at radius 1 is 1.33 bits per heavy atom. The maximum Gasteiger partial charge on any atom is 0.308 e. The van der Waals surface area contributed by atoms with Crippen LogP contribution >= 0.6 is 0 Å². The van der Waals surface area contributed by atoms with Gasteiger partial charge in [-0.25, -0.2) is 0 Å². The number of hydrogen-bond donors (Lipinski definition) is 1. The average Bonchev–Trinajstić information content (AvgIpc) is 2.69. The van der Waals surface area contributed by atoms with Crippen molar-refractivity contribution in [1.29, 1.82) is 0 Å². The molecule has 1 aliphatic carbocycles. The van der Waals surface area contributed by atoms with Gasteiger partial charge in [0.05, 0.1) is 24.0 Å². The summed E-state index contributed by atoms with van der Waals surface area (Å²) < 4.78 is 11.5. The Morgan fingerprint density at radius 3 is 2.57 bits per heavy atom. The molecule has 2 aliphatic rings. The molecule has 3 unspecified atom stereocenters. The molecule has 0 bridgehead atoms. The van der Waals surface area contributed by atoms with E-state index in [9.17, 15) is 9.90 Å². The van der Waals surface area contributed by atoms with Crippen LogP contribution in [0.5, 0.6) is 0 Å². The highest BCUT2D eigenvalue weighted by Gasteiger charge is 2.46. The van der Waals surface area contributed by atoms with E-state index in [1.54, 1.807) is 13.8 Å². The molecule has 0 amide bonds. The van der Waals surface area contributed by atoms with Crippen LogP contribution in [0.3, 0.4) is 0 Å². The standard InChI is InChI=1S/C17H30O4/c1-10(2)12-7-6-11(3)8-14(12)20-16-13(17(4,5)19)9-15(18)21-16/h10-14,16,19H,6-9H2,1-5H3/t11?,12?,13-,14?,16-/m1/s1. The summed E-state index contributed by atoms with van der Waals surface area (Å²) in [5.74, 6) is 1.15. The van der Waals surface area contributed by atoms with Gasteiger partial charge in [-0.2, -0.15) is 0 Å². The highest BCUT2D eigenvalue weighted by Crippen LogP contribution is 2.39. The number of ether oxygens (including phenoxy) is 2. The van der Waals surface area contributed by atoms with Crippen LogP contribution in [0.25, 0.3) is 0 Å². The van der Waals surface area contributed by atoms with Gasteiger partial charge in [0.25, 0.3) is 0 Å². The van der Waals surface area contributed by atoms with E-state index in [0.29, 0.717) is 17.8 Å². The first-order chi connectivity index (χ1) is 9.68. The number of hydrogen-bond acceptors (Lipinski definition) is 4. The van der Waals surface area contributed by atoms with E-state index in [1.807, 2.05) is 0 Å². The van der Waals surface area contributed by atoms with Gasteiger partial charge in [-0.1, -0.05) is 27.2 Å². The molecule has 1 heterocycles. The zero-order valence-electron chi connectivity index (χ0n) is 14.0. The smallest absolute Gasteiger partial charge is 0.308 e. The minimum Gasteiger partial charge on any atom is -0.435 e. The Kier molecular flexibility index (Phi) is 4.99. The largest absolute Gasteiger partial charge is 0.435 e. The molecular weight excluding hydrogens is 268 g/mol. The molecule has 4 nitrogen and oxygen atoms in total. The first-order valence-electron chi connectivity index (χ1n) is 8.25. The molecule has 0 spiro atoms. The van der Waals surface area contributed by atoms with Gasteiger partial charge in [-0.3, -0.25) is 4.79 Å². The molecule has 21 heavy (non-hydrogen) atoms. The summed E-state index contributed by atoms with van der Waals surface area (Å²) in [4.78, 5) is 11.6. The second-order valence-corrected chi connectivity index (χ2v) is 7.82. The zero-order chi connectivity index (χ0) is 15.8. The third kappa shape index (κ3) is 3.98. The van der Waals surface area contributed by atoms with Crippen molar-refractivity contribution >= 4 is 5.97 Å². The topological polar surface area (TPSA) is 55.8 Å². The van der Waals surface area contributed by atoms with E-state index in [2.05, 4.69) is 20.8 Å². The lowest BCUT2D eigenvalue weighted by Gasteiger charge is -2.39. The summed E-state index contributed by atoms with van der Waals surface area (Å²) in [6.07, 6.45) is 3.17. The second-order valence-electron chi connectivity index (χ2n) is 7.82. The van der Waals surface area contributed by atoms with Crippen molar-refractivity contribution in [2.24, 2.45) is 23.7 Å². The second kappa shape index (κ2) is 6.25. The molecular formula is C17H30O4. The first kappa shape index (κ1) is 16.8. The van der Waals surface area contributed by atoms with Crippen LogP contribution in [0.4, 0.5) is 0 Å². The van der Waals surface area contributed by atoms with Gasteiger partial charge in [-0.05, 0) is 44.4 Å². The van der Waals surface area contributed by atoms with Crippen molar-refractivity contribution in [3.63, 3.8) is 0 Å². The third-order valence-corrected chi connectivity index (χ3v) is 5.14. The van der Waals surface area contributed by atoms with Gasteiger partial charge < -0.3 is 14.6 Å². The van der Waals surface area contributed by atoms with Crippen molar-refractivity contribution < 1.29 is 19.4 Å². The molecule has 1 saturated carbocycles. The summed E-state index contributed by atoms with van der Waals surface area (Å²) in [5.41, 5.74) is -0.968. The SMILES string of the molecule is CC1CCC(C(C)C)C(O[C@@H]2OC(=O)C[C@H]2C(C)(C)O)C1. The van der Waals surface area contributed by atoms with Crippen molar-refractivity contribution in [2.75, 3.05) is 0 Å². The molecule has 122 valence electrons. The lowest BCUT2D eigenvalue weighted by Crippen LogP contribution is -2.43. The summed E-state index contributed by atoms with van der Waals surface area (Å²) in [6.45, 7) is 10.1. The highest BCUT2D eigenvalue weighted by atomic mass is 16.7. The van der Waals surface area contributed by atoms with E-state index in [-0.39, 0.29) is 24.4 Å². The Balaban J connectivity index is 2.08. The predicted molar refractivity (Wildman–Crippen MR) is 80.5 cm³/mol. The maximum absolute atomic E-state index is 11.6. The van der Waals surface area contributed by atoms with E-state index < -0.39 is 11.9 Å². The molecule has 1 saturated heterocycles. The quantitative estimate of drug-likeness (QED) is 0.810. The number of cyclic esters (lactones) is 1. The minimum absolute atomic E-state index is 0.120. The maximum atomic E-state index is 11.6. The Hall–Kier alpha value is -0.610. The number of esters is 1. The lowest BCUT2D eigenvalue weighted by molar-refractivity contribution is -0.210. The van der Waals surface area contributed by atoms with Crippen LogP contribution in [0.2, 0.25) is 0 Å². The fourth-order valence-electron chi connectivity index (χ4n) is 3.68.